The summed E-state index contributed by atoms with van der Waals surface area (Å²) in [6, 6.07) is 13.4. The summed E-state index contributed by atoms with van der Waals surface area (Å²) >= 11 is 0. The Balaban J connectivity index is 1.74. The van der Waals surface area contributed by atoms with E-state index < -0.39 is 15.9 Å². The minimum atomic E-state index is -3.66. The van der Waals surface area contributed by atoms with Crippen LogP contribution in [0.5, 0.6) is 5.75 Å². The van der Waals surface area contributed by atoms with Crippen LogP contribution < -0.4 is 9.62 Å². The van der Waals surface area contributed by atoms with E-state index in [4.69, 9.17) is 0 Å². The van der Waals surface area contributed by atoms with Crippen molar-refractivity contribution in [3.8, 4) is 17.1 Å². The molecule has 0 fully saturated rings. The molecule has 0 aliphatic carbocycles. The van der Waals surface area contributed by atoms with E-state index in [1.165, 1.54) is 18.5 Å². The quantitative estimate of drug-likeness (QED) is 0.643. The van der Waals surface area contributed by atoms with Gasteiger partial charge in [0.1, 0.15) is 12.3 Å². The first-order valence-electron chi connectivity index (χ1n) is 8.68. The van der Waals surface area contributed by atoms with Crippen molar-refractivity contribution in [2.45, 2.75) is 6.92 Å². The number of amides is 1. The van der Waals surface area contributed by atoms with E-state index >= 15 is 0 Å². The second kappa shape index (κ2) is 8.27. The van der Waals surface area contributed by atoms with Crippen LogP contribution in [0.1, 0.15) is 5.56 Å². The topological polar surface area (TPSA) is 112 Å². The van der Waals surface area contributed by atoms with E-state index in [1.807, 2.05) is 0 Å². The number of hydrogen-bond acceptors (Lipinski definition) is 6. The lowest BCUT2D eigenvalue weighted by Crippen LogP contribution is -2.37. The Labute approximate surface area is 168 Å². The number of aryl methyl sites for hydroxylation is 1. The van der Waals surface area contributed by atoms with Crippen LogP contribution in [0, 0.1) is 6.92 Å². The van der Waals surface area contributed by atoms with Crippen molar-refractivity contribution in [3.63, 3.8) is 0 Å². The van der Waals surface area contributed by atoms with Crippen LogP contribution in [0.3, 0.4) is 0 Å². The highest BCUT2D eigenvalue weighted by atomic mass is 32.2. The number of anilines is 2. The highest BCUT2D eigenvalue weighted by Gasteiger charge is 2.22. The van der Waals surface area contributed by atoms with Gasteiger partial charge >= 0.3 is 0 Å². The number of phenolic OH excluding ortho intramolecular Hbond substituents is 1. The lowest BCUT2D eigenvalue weighted by molar-refractivity contribution is -0.114. The van der Waals surface area contributed by atoms with Gasteiger partial charge in [0.2, 0.25) is 15.9 Å². The van der Waals surface area contributed by atoms with Crippen molar-refractivity contribution in [1.29, 1.82) is 0 Å². The first-order valence-corrected chi connectivity index (χ1v) is 10.5. The molecule has 3 aromatic rings. The number of rotatable bonds is 6. The number of sulfonamides is 1. The average Bonchev–Trinajstić information content (AvgIpc) is 2.66. The Morgan fingerprint density at radius 2 is 1.79 bits per heavy atom. The number of carbonyl (C=O) groups excluding carboxylic acids is 1. The number of benzene rings is 2. The number of aromatic nitrogens is 2. The van der Waals surface area contributed by atoms with Gasteiger partial charge in [0.15, 0.2) is 5.82 Å². The summed E-state index contributed by atoms with van der Waals surface area (Å²) in [5, 5.41) is 12.1. The third-order valence-corrected chi connectivity index (χ3v) is 5.24. The standard InChI is InChI=1S/C20H20N4O4S/c1-14-6-3-4-9-18(14)24(29(2,27)28)13-19(26)23-16-11-21-20(22-12-16)15-7-5-8-17(25)10-15/h3-12,25H,13H2,1-2H3,(H,23,26). The maximum atomic E-state index is 12.4. The van der Waals surface area contributed by atoms with Gasteiger partial charge in [-0.05, 0) is 30.7 Å². The maximum Gasteiger partial charge on any atom is 0.245 e. The van der Waals surface area contributed by atoms with Gasteiger partial charge in [-0.1, -0.05) is 30.3 Å². The molecule has 9 heteroatoms. The Morgan fingerprint density at radius 1 is 1.10 bits per heavy atom. The molecule has 0 aliphatic heterocycles. The normalized spacial score (nSPS) is 11.1. The van der Waals surface area contributed by atoms with Crippen molar-refractivity contribution in [2.24, 2.45) is 0 Å². The van der Waals surface area contributed by atoms with Gasteiger partial charge in [-0.3, -0.25) is 9.10 Å². The zero-order valence-corrected chi connectivity index (χ0v) is 16.7. The Hall–Kier alpha value is -3.46. The molecule has 8 nitrogen and oxygen atoms in total. The summed E-state index contributed by atoms with van der Waals surface area (Å²) in [5.41, 5.74) is 2.15. The fraction of sp³-hybridized carbons (Fsp3) is 0.150. The van der Waals surface area contributed by atoms with Gasteiger partial charge < -0.3 is 10.4 Å². The average molecular weight is 412 g/mol. The van der Waals surface area contributed by atoms with Crippen LogP contribution in [0.25, 0.3) is 11.4 Å². The molecule has 0 aliphatic rings. The number of para-hydroxylation sites is 1. The first-order chi connectivity index (χ1) is 13.7. The number of phenols is 1. The number of nitrogens with one attached hydrogen (secondary N) is 1. The van der Waals surface area contributed by atoms with Crippen molar-refractivity contribution >= 4 is 27.3 Å². The molecule has 2 aromatic carbocycles. The molecule has 0 atom stereocenters. The van der Waals surface area contributed by atoms with E-state index in [2.05, 4.69) is 15.3 Å². The van der Waals surface area contributed by atoms with E-state index in [-0.39, 0.29) is 12.3 Å². The van der Waals surface area contributed by atoms with Crippen molar-refractivity contribution < 1.29 is 18.3 Å². The van der Waals surface area contributed by atoms with Crippen LogP contribution in [0.2, 0.25) is 0 Å². The lowest BCUT2D eigenvalue weighted by atomic mass is 10.2. The van der Waals surface area contributed by atoms with Gasteiger partial charge in [-0.2, -0.15) is 0 Å². The van der Waals surface area contributed by atoms with Gasteiger partial charge in [0.05, 0.1) is 30.0 Å². The van der Waals surface area contributed by atoms with Crippen LogP contribution in [-0.2, 0) is 14.8 Å². The number of carbonyl (C=O) groups is 1. The summed E-state index contributed by atoms with van der Waals surface area (Å²) in [6.07, 6.45) is 3.89. The van der Waals surface area contributed by atoms with E-state index in [9.17, 15) is 18.3 Å². The summed E-state index contributed by atoms with van der Waals surface area (Å²) in [7, 11) is -3.66. The van der Waals surface area contributed by atoms with Gasteiger partial charge in [-0.15, -0.1) is 0 Å². The van der Waals surface area contributed by atoms with E-state index in [1.54, 1.807) is 49.4 Å². The molecule has 150 valence electrons. The van der Waals surface area contributed by atoms with Gasteiger partial charge in [0.25, 0.3) is 0 Å². The zero-order chi connectivity index (χ0) is 21.0. The molecular weight excluding hydrogens is 392 g/mol. The number of hydrogen-bond donors (Lipinski definition) is 2. The molecular formula is C20H20N4O4S. The minimum absolute atomic E-state index is 0.0977. The van der Waals surface area contributed by atoms with Gasteiger partial charge in [-0.25, -0.2) is 18.4 Å². The molecule has 29 heavy (non-hydrogen) atoms. The van der Waals surface area contributed by atoms with Crippen molar-refractivity contribution in [3.05, 3.63) is 66.5 Å². The van der Waals surface area contributed by atoms with E-state index in [0.717, 1.165) is 16.1 Å². The Kier molecular flexibility index (Phi) is 5.79. The predicted octanol–water partition coefficient (Wildman–Crippen LogP) is 2.56. The Morgan fingerprint density at radius 3 is 2.41 bits per heavy atom. The molecule has 0 spiro atoms. The maximum absolute atomic E-state index is 12.4. The monoisotopic (exact) mass is 412 g/mol. The molecule has 1 heterocycles. The highest BCUT2D eigenvalue weighted by Crippen LogP contribution is 2.22. The molecule has 0 saturated carbocycles. The molecule has 1 amide bonds. The fourth-order valence-corrected chi connectivity index (χ4v) is 3.66. The molecule has 0 bridgehead atoms. The number of nitrogens with zero attached hydrogens (tertiary/aromatic N) is 3. The van der Waals surface area contributed by atoms with Crippen LogP contribution in [-0.4, -0.2) is 42.2 Å². The van der Waals surface area contributed by atoms with Crippen molar-refractivity contribution in [1.82, 2.24) is 9.97 Å². The third kappa shape index (κ3) is 5.08. The fourth-order valence-electron chi connectivity index (χ4n) is 2.74. The summed E-state index contributed by atoms with van der Waals surface area (Å²) in [5.74, 6) is -0.0375. The van der Waals surface area contributed by atoms with E-state index in [0.29, 0.717) is 22.8 Å². The molecule has 1 aromatic heterocycles. The molecule has 2 N–H and O–H groups in total. The minimum Gasteiger partial charge on any atom is -0.508 e. The third-order valence-electron chi connectivity index (χ3n) is 4.11. The van der Waals surface area contributed by atoms with Crippen molar-refractivity contribution in [2.75, 3.05) is 22.4 Å². The largest absolute Gasteiger partial charge is 0.508 e. The highest BCUT2D eigenvalue weighted by molar-refractivity contribution is 7.92. The summed E-state index contributed by atoms with van der Waals surface area (Å²) in [4.78, 5) is 20.8. The van der Waals surface area contributed by atoms with Gasteiger partial charge in [0, 0.05) is 5.56 Å². The smallest absolute Gasteiger partial charge is 0.245 e. The van der Waals surface area contributed by atoms with Crippen LogP contribution >= 0.6 is 0 Å². The molecule has 0 radical (unpaired) electrons. The summed E-state index contributed by atoms with van der Waals surface area (Å²) < 4.78 is 25.5. The lowest BCUT2D eigenvalue weighted by Gasteiger charge is -2.23. The predicted molar refractivity (Wildman–Crippen MR) is 111 cm³/mol. The second-order valence-electron chi connectivity index (χ2n) is 6.45. The van der Waals surface area contributed by atoms with Crippen LogP contribution in [0.4, 0.5) is 11.4 Å². The zero-order valence-electron chi connectivity index (χ0n) is 15.9. The SMILES string of the molecule is Cc1ccccc1N(CC(=O)Nc1cnc(-c2cccc(O)c2)nc1)S(C)(=O)=O. The van der Waals surface area contributed by atoms with Crippen LogP contribution in [0.15, 0.2) is 60.9 Å². The molecule has 0 unspecified atom stereocenters. The summed E-state index contributed by atoms with van der Waals surface area (Å²) in [6.45, 7) is 1.40. The Bertz CT molecular complexity index is 1130. The molecule has 3 rings (SSSR count). The first kappa shape index (κ1) is 20.3. The number of aromatic hydroxyl groups is 1. The molecule has 0 saturated heterocycles. The second-order valence-corrected chi connectivity index (χ2v) is 8.36.